The monoisotopic (exact) mass is 316 g/mol. The van der Waals surface area contributed by atoms with Crippen LogP contribution in [0.2, 0.25) is 0 Å². The number of aromatic nitrogens is 1. The minimum atomic E-state index is -1.10. The quantitative estimate of drug-likeness (QED) is 0.750. The molecule has 0 aliphatic carbocycles. The molecule has 0 aliphatic heterocycles. The lowest BCUT2D eigenvalue weighted by atomic mass is 10.1. The molecule has 0 spiro atoms. The maximum Gasteiger partial charge on any atom is 0.326 e. The van der Waals surface area contributed by atoms with Crippen molar-refractivity contribution in [1.29, 1.82) is 0 Å². The summed E-state index contributed by atoms with van der Waals surface area (Å²) in [4.78, 5) is 26.4. The van der Waals surface area contributed by atoms with E-state index in [4.69, 9.17) is 5.11 Å². The van der Waals surface area contributed by atoms with E-state index in [0.717, 1.165) is 0 Å². The minimum Gasteiger partial charge on any atom is -0.480 e. The van der Waals surface area contributed by atoms with Crippen LogP contribution in [0, 0.1) is 0 Å². The standard InChI is InChI=1S/C11H13BrN2O4/c1-18-6-9(15)14-8(11(16)17)5-7-3-2-4-13-10(7)12/h2-4,8H,5-6H2,1H3,(H,14,15)(H,16,17)/t8-/m0/s1. The number of carboxylic acids is 1. The Balaban J connectivity index is 2.72. The van der Waals surface area contributed by atoms with E-state index in [1.54, 1.807) is 18.3 Å². The Morgan fingerprint density at radius 2 is 2.33 bits per heavy atom. The lowest BCUT2D eigenvalue weighted by Gasteiger charge is -2.14. The van der Waals surface area contributed by atoms with Crippen LogP contribution in [-0.4, -0.2) is 41.7 Å². The Bertz CT molecular complexity index is 439. The number of carbonyl (C=O) groups excluding carboxylic acids is 1. The Morgan fingerprint density at radius 3 is 2.89 bits per heavy atom. The number of nitrogens with one attached hydrogen (secondary N) is 1. The highest BCUT2D eigenvalue weighted by molar-refractivity contribution is 9.10. The molecule has 0 aliphatic rings. The highest BCUT2D eigenvalue weighted by atomic mass is 79.9. The largest absolute Gasteiger partial charge is 0.480 e. The SMILES string of the molecule is COCC(=O)N[C@@H](Cc1cccnc1Br)C(=O)O. The van der Waals surface area contributed by atoms with Crippen LogP contribution < -0.4 is 5.32 Å². The second-order valence-electron chi connectivity index (χ2n) is 3.55. The molecule has 98 valence electrons. The number of methoxy groups -OCH3 is 1. The van der Waals surface area contributed by atoms with Crippen LogP contribution in [0.4, 0.5) is 0 Å². The Labute approximate surface area is 112 Å². The van der Waals surface area contributed by atoms with Gasteiger partial charge in [-0.25, -0.2) is 9.78 Å². The van der Waals surface area contributed by atoms with Gasteiger partial charge in [-0.05, 0) is 27.6 Å². The van der Waals surface area contributed by atoms with Crippen molar-refractivity contribution in [2.75, 3.05) is 13.7 Å². The van der Waals surface area contributed by atoms with Crippen molar-refractivity contribution < 1.29 is 19.4 Å². The first-order valence-electron chi connectivity index (χ1n) is 5.15. The van der Waals surface area contributed by atoms with Crippen molar-refractivity contribution in [3.05, 3.63) is 28.5 Å². The fraction of sp³-hybridized carbons (Fsp3) is 0.364. The van der Waals surface area contributed by atoms with E-state index < -0.39 is 17.9 Å². The number of rotatable bonds is 6. The number of hydrogen-bond donors (Lipinski definition) is 2. The lowest BCUT2D eigenvalue weighted by molar-refractivity contribution is -0.142. The molecule has 1 rings (SSSR count). The first-order valence-corrected chi connectivity index (χ1v) is 5.94. The van der Waals surface area contributed by atoms with Crippen molar-refractivity contribution in [1.82, 2.24) is 10.3 Å². The first-order chi connectivity index (χ1) is 8.54. The van der Waals surface area contributed by atoms with Gasteiger partial charge in [0.15, 0.2) is 0 Å². The van der Waals surface area contributed by atoms with E-state index in [0.29, 0.717) is 10.2 Å². The van der Waals surface area contributed by atoms with Crippen LogP contribution in [0.25, 0.3) is 0 Å². The molecule has 0 saturated heterocycles. The zero-order valence-electron chi connectivity index (χ0n) is 9.72. The van der Waals surface area contributed by atoms with Gasteiger partial charge < -0.3 is 15.2 Å². The first kappa shape index (κ1) is 14.6. The predicted molar refractivity (Wildman–Crippen MR) is 67.1 cm³/mol. The van der Waals surface area contributed by atoms with E-state index in [2.05, 4.69) is 31.0 Å². The number of amides is 1. The fourth-order valence-electron chi connectivity index (χ4n) is 1.36. The summed E-state index contributed by atoms with van der Waals surface area (Å²) < 4.78 is 5.20. The minimum absolute atomic E-state index is 0.152. The van der Waals surface area contributed by atoms with E-state index in [-0.39, 0.29) is 13.0 Å². The van der Waals surface area contributed by atoms with Crippen molar-refractivity contribution in [3.63, 3.8) is 0 Å². The van der Waals surface area contributed by atoms with Gasteiger partial charge in [0.05, 0.1) is 0 Å². The van der Waals surface area contributed by atoms with Gasteiger partial charge >= 0.3 is 5.97 Å². The smallest absolute Gasteiger partial charge is 0.326 e. The fourth-order valence-corrected chi connectivity index (χ4v) is 1.77. The van der Waals surface area contributed by atoms with Crippen molar-refractivity contribution >= 4 is 27.8 Å². The summed E-state index contributed by atoms with van der Waals surface area (Å²) >= 11 is 3.23. The second-order valence-corrected chi connectivity index (χ2v) is 4.30. The maximum absolute atomic E-state index is 11.3. The molecule has 2 N–H and O–H groups in total. The van der Waals surface area contributed by atoms with Gasteiger partial charge in [-0.15, -0.1) is 0 Å². The topological polar surface area (TPSA) is 88.5 Å². The third-order valence-electron chi connectivity index (χ3n) is 2.17. The third-order valence-corrected chi connectivity index (χ3v) is 2.88. The van der Waals surface area contributed by atoms with E-state index in [1.165, 1.54) is 7.11 Å². The number of pyridine rings is 1. The number of aliphatic carboxylic acids is 1. The molecule has 0 saturated carbocycles. The molecule has 0 unspecified atom stereocenters. The number of carbonyl (C=O) groups is 2. The van der Waals surface area contributed by atoms with Crippen LogP contribution in [0.15, 0.2) is 22.9 Å². The highest BCUT2D eigenvalue weighted by Crippen LogP contribution is 2.14. The third kappa shape index (κ3) is 4.42. The zero-order chi connectivity index (χ0) is 13.5. The Morgan fingerprint density at radius 1 is 1.61 bits per heavy atom. The van der Waals surface area contributed by atoms with Crippen LogP contribution in [0.1, 0.15) is 5.56 Å². The predicted octanol–water partition coefficient (Wildman–Crippen LogP) is 0.602. The molecule has 1 amide bonds. The molecular formula is C11H13BrN2O4. The summed E-state index contributed by atoms with van der Waals surface area (Å²) in [6.07, 6.45) is 1.74. The molecule has 0 bridgehead atoms. The van der Waals surface area contributed by atoms with Gasteiger partial charge in [0.2, 0.25) is 5.91 Å². The maximum atomic E-state index is 11.3. The van der Waals surface area contributed by atoms with E-state index >= 15 is 0 Å². The van der Waals surface area contributed by atoms with Gasteiger partial charge in [-0.3, -0.25) is 4.79 Å². The molecular weight excluding hydrogens is 304 g/mol. The summed E-state index contributed by atoms with van der Waals surface area (Å²) in [6.45, 7) is -0.169. The second kappa shape index (κ2) is 7.07. The summed E-state index contributed by atoms with van der Waals surface area (Å²) in [7, 11) is 1.37. The normalized spacial score (nSPS) is 11.9. The van der Waals surface area contributed by atoms with Crippen molar-refractivity contribution in [2.45, 2.75) is 12.5 Å². The molecule has 1 aromatic rings. The molecule has 7 heteroatoms. The Kier molecular flexibility index (Phi) is 5.73. The number of hydrogen-bond acceptors (Lipinski definition) is 4. The highest BCUT2D eigenvalue weighted by Gasteiger charge is 2.21. The van der Waals surface area contributed by atoms with Crippen molar-refractivity contribution in [2.24, 2.45) is 0 Å². The number of nitrogens with zero attached hydrogens (tertiary/aromatic N) is 1. The van der Waals surface area contributed by atoms with Crippen molar-refractivity contribution in [3.8, 4) is 0 Å². The van der Waals surface area contributed by atoms with Gasteiger partial charge in [-0.2, -0.15) is 0 Å². The molecule has 18 heavy (non-hydrogen) atoms. The van der Waals surface area contributed by atoms with Gasteiger partial charge in [0, 0.05) is 19.7 Å². The average molecular weight is 317 g/mol. The lowest BCUT2D eigenvalue weighted by Crippen LogP contribution is -2.43. The van der Waals surface area contributed by atoms with E-state index in [1.807, 2.05) is 0 Å². The zero-order valence-corrected chi connectivity index (χ0v) is 11.3. The van der Waals surface area contributed by atoms with Gasteiger partial charge in [0.25, 0.3) is 0 Å². The van der Waals surface area contributed by atoms with E-state index in [9.17, 15) is 9.59 Å². The number of halogens is 1. The van der Waals surface area contributed by atoms with Gasteiger partial charge in [0.1, 0.15) is 17.3 Å². The summed E-state index contributed by atoms with van der Waals surface area (Å²) in [5.74, 6) is -1.57. The molecule has 1 heterocycles. The average Bonchev–Trinajstić information content (AvgIpc) is 2.31. The van der Waals surface area contributed by atoms with Crippen LogP contribution in [0.3, 0.4) is 0 Å². The summed E-state index contributed by atoms with van der Waals surface area (Å²) in [5.41, 5.74) is 0.711. The van der Waals surface area contributed by atoms with Crippen LogP contribution in [0.5, 0.6) is 0 Å². The van der Waals surface area contributed by atoms with Crippen LogP contribution >= 0.6 is 15.9 Å². The molecule has 1 aromatic heterocycles. The molecule has 0 fully saturated rings. The number of ether oxygens (including phenoxy) is 1. The molecule has 0 radical (unpaired) electrons. The molecule has 1 atom stereocenters. The summed E-state index contributed by atoms with van der Waals surface area (Å²) in [5, 5.41) is 11.4. The Hall–Kier alpha value is -1.47. The van der Waals surface area contributed by atoms with Gasteiger partial charge in [-0.1, -0.05) is 6.07 Å². The molecule has 6 nitrogen and oxygen atoms in total. The summed E-state index contributed by atoms with van der Waals surface area (Å²) in [6, 6.07) is 2.44. The molecule has 0 aromatic carbocycles. The van der Waals surface area contributed by atoms with Crippen LogP contribution in [-0.2, 0) is 20.7 Å². The number of carboxylic acid groups (broad SMARTS) is 1.